The Morgan fingerprint density at radius 1 is 1.32 bits per heavy atom. The number of benzene rings is 1. The molecule has 0 heterocycles. The molecule has 0 saturated heterocycles. The topological polar surface area (TPSA) is 101 Å². The molecule has 0 unspecified atom stereocenters. The number of hydrogen-bond acceptors (Lipinski definition) is 4. The first kappa shape index (κ1) is 14.0. The highest BCUT2D eigenvalue weighted by atomic mass is 32.2. The number of hydrogen-bond donors (Lipinski definition) is 3. The molecule has 0 atom stereocenters. The third-order valence-corrected chi connectivity index (χ3v) is 3.80. The normalized spacial score (nSPS) is 15.2. The van der Waals surface area contributed by atoms with Crippen molar-refractivity contribution in [2.75, 3.05) is 11.9 Å². The first-order valence-electron chi connectivity index (χ1n) is 6.12. The van der Waals surface area contributed by atoms with Crippen molar-refractivity contribution in [3.05, 3.63) is 24.3 Å². The summed E-state index contributed by atoms with van der Waals surface area (Å²) < 4.78 is 22.7. The Morgan fingerprint density at radius 3 is 2.63 bits per heavy atom. The Bertz CT molecular complexity index is 567. The number of carbonyl (C=O) groups excluding carboxylic acids is 1. The Kier molecular flexibility index (Phi) is 4.18. The lowest BCUT2D eigenvalue weighted by Crippen LogP contribution is -2.24. The summed E-state index contributed by atoms with van der Waals surface area (Å²) >= 11 is 0. The summed E-state index contributed by atoms with van der Waals surface area (Å²) in [5, 5.41) is 10.9. The summed E-state index contributed by atoms with van der Waals surface area (Å²) in [4.78, 5) is 11.6. The molecule has 1 saturated carbocycles. The van der Waals surface area contributed by atoms with Crippen LogP contribution in [0.3, 0.4) is 0 Å². The SMILES string of the molecule is NS(=O)(=O)c1ccccc1NC(=O)CCNC1CC1. The van der Waals surface area contributed by atoms with Gasteiger partial charge in [-0.15, -0.1) is 0 Å². The fourth-order valence-electron chi connectivity index (χ4n) is 1.71. The number of primary sulfonamides is 1. The van der Waals surface area contributed by atoms with Gasteiger partial charge in [-0.2, -0.15) is 0 Å². The Balaban J connectivity index is 1.95. The molecule has 1 aliphatic rings. The number of amides is 1. The minimum atomic E-state index is -3.83. The van der Waals surface area contributed by atoms with Gasteiger partial charge in [-0.25, -0.2) is 13.6 Å². The van der Waals surface area contributed by atoms with Crippen LogP contribution in [0.1, 0.15) is 19.3 Å². The maximum Gasteiger partial charge on any atom is 0.240 e. The van der Waals surface area contributed by atoms with Crippen LogP contribution in [-0.2, 0) is 14.8 Å². The minimum Gasteiger partial charge on any atom is -0.325 e. The van der Waals surface area contributed by atoms with Crippen molar-refractivity contribution in [3.63, 3.8) is 0 Å². The number of nitrogens with two attached hydrogens (primary N) is 1. The molecule has 0 aromatic heterocycles. The van der Waals surface area contributed by atoms with E-state index in [-0.39, 0.29) is 16.5 Å². The first-order valence-corrected chi connectivity index (χ1v) is 7.66. The predicted octanol–water partition coefficient (Wildman–Crippen LogP) is 0.415. The van der Waals surface area contributed by atoms with E-state index in [0.29, 0.717) is 19.0 Å². The van der Waals surface area contributed by atoms with Gasteiger partial charge in [0.1, 0.15) is 4.90 Å². The number of carbonyl (C=O) groups is 1. The van der Waals surface area contributed by atoms with Gasteiger partial charge in [0.15, 0.2) is 0 Å². The Morgan fingerprint density at radius 2 is 2.00 bits per heavy atom. The number of rotatable bonds is 6. The standard InChI is InChI=1S/C12H17N3O3S/c13-19(17,18)11-4-2-1-3-10(11)15-12(16)7-8-14-9-5-6-9/h1-4,9,14H,5-8H2,(H,15,16)(H2,13,17,18). The van der Waals surface area contributed by atoms with Crippen molar-refractivity contribution in [1.29, 1.82) is 0 Å². The molecule has 0 bridgehead atoms. The fourth-order valence-corrected chi connectivity index (χ4v) is 2.40. The second kappa shape index (κ2) is 5.68. The zero-order valence-electron chi connectivity index (χ0n) is 10.4. The molecule has 2 rings (SSSR count). The molecule has 0 aliphatic heterocycles. The summed E-state index contributed by atoms with van der Waals surface area (Å²) in [5.74, 6) is -0.232. The third-order valence-electron chi connectivity index (χ3n) is 2.83. The third kappa shape index (κ3) is 4.30. The van der Waals surface area contributed by atoms with Crippen LogP contribution in [0.2, 0.25) is 0 Å². The lowest BCUT2D eigenvalue weighted by molar-refractivity contribution is -0.116. The Labute approximate surface area is 112 Å². The van der Waals surface area contributed by atoms with E-state index in [1.807, 2.05) is 0 Å². The quantitative estimate of drug-likeness (QED) is 0.704. The predicted molar refractivity (Wildman–Crippen MR) is 72.1 cm³/mol. The highest BCUT2D eigenvalue weighted by Crippen LogP contribution is 2.20. The van der Waals surface area contributed by atoms with Crippen LogP contribution in [0.4, 0.5) is 5.69 Å². The first-order chi connectivity index (χ1) is 8.97. The van der Waals surface area contributed by atoms with E-state index >= 15 is 0 Å². The lowest BCUT2D eigenvalue weighted by atomic mass is 10.3. The summed E-state index contributed by atoms with van der Waals surface area (Å²) in [5.41, 5.74) is 0.224. The van der Waals surface area contributed by atoms with Gasteiger partial charge in [-0.05, 0) is 25.0 Å². The number of anilines is 1. The van der Waals surface area contributed by atoms with Crippen molar-refractivity contribution in [2.45, 2.75) is 30.2 Å². The highest BCUT2D eigenvalue weighted by molar-refractivity contribution is 7.89. The van der Waals surface area contributed by atoms with Crippen LogP contribution >= 0.6 is 0 Å². The zero-order chi connectivity index (χ0) is 13.9. The average molecular weight is 283 g/mol. The van der Waals surface area contributed by atoms with Crippen LogP contribution in [0.25, 0.3) is 0 Å². The molecule has 0 spiro atoms. The zero-order valence-corrected chi connectivity index (χ0v) is 11.2. The molecule has 19 heavy (non-hydrogen) atoms. The van der Waals surface area contributed by atoms with Gasteiger partial charge < -0.3 is 10.6 Å². The lowest BCUT2D eigenvalue weighted by Gasteiger charge is -2.09. The van der Waals surface area contributed by atoms with E-state index in [1.165, 1.54) is 12.1 Å². The van der Waals surface area contributed by atoms with Crippen LogP contribution in [0, 0.1) is 0 Å². The van der Waals surface area contributed by atoms with Gasteiger partial charge >= 0.3 is 0 Å². The second-order valence-electron chi connectivity index (χ2n) is 4.57. The molecule has 1 aliphatic carbocycles. The maximum atomic E-state index is 11.7. The second-order valence-corrected chi connectivity index (χ2v) is 6.10. The number of nitrogens with one attached hydrogen (secondary N) is 2. The molecular formula is C12H17N3O3S. The van der Waals surface area contributed by atoms with E-state index in [1.54, 1.807) is 12.1 Å². The molecule has 4 N–H and O–H groups in total. The minimum absolute atomic E-state index is 0.0708. The van der Waals surface area contributed by atoms with Gasteiger partial charge in [-0.3, -0.25) is 4.79 Å². The van der Waals surface area contributed by atoms with Crippen molar-refractivity contribution in [2.24, 2.45) is 5.14 Å². The summed E-state index contributed by atoms with van der Waals surface area (Å²) in [6.45, 7) is 0.591. The Hall–Kier alpha value is -1.44. The monoisotopic (exact) mass is 283 g/mol. The largest absolute Gasteiger partial charge is 0.325 e. The van der Waals surface area contributed by atoms with Crippen LogP contribution in [0.15, 0.2) is 29.2 Å². The van der Waals surface area contributed by atoms with Gasteiger partial charge in [0.2, 0.25) is 15.9 Å². The van der Waals surface area contributed by atoms with E-state index < -0.39 is 10.0 Å². The summed E-state index contributed by atoms with van der Waals surface area (Å²) in [6, 6.07) is 6.64. The van der Waals surface area contributed by atoms with Crippen molar-refractivity contribution < 1.29 is 13.2 Å². The maximum absolute atomic E-state index is 11.7. The van der Waals surface area contributed by atoms with E-state index in [0.717, 1.165) is 12.8 Å². The summed E-state index contributed by atoms with van der Waals surface area (Å²) in [7, 11) is -3.83. The molecule has 1 amide bonds. The highest BCUT2D eigenvalue weighted by Gasteiger charge is 2.20. The van der Waals surface area contributed by atoms with Gasteiger partial charge in [0.05, 0.1) is 5.69 Å². The summed E-state index contributed by atoms with van der Waals surface area (Å²) in [6.07, 6.45) is 2.63. The molecule has 6 nitrogen and oxygen atoms in total. The van der Waals surface area contributed by atoms with Gasteiger partial charge in [0, 0.05) is 19.0 Å². The van der Waals surface area contributed by atoms with Crippen LogP contribution in [-0.4, -0.2) is 26.9 Å². The fraction of sp³-hybridized carbons (Fsp3) is 0.417. The molecule has 7 heteroatoms. The van der Waals surface area contributed by atoms with Gasteiger partial charge in [-0.1, -0.05) is 12.1 Å². The van der Waals surface area contributed by atoms with Gasteiger partial charge in [0.25, 0.3) is 0 Å². The van der Waals surface area contributed by atoms with E-state index in [2.05, 4.69) is 10.6 Å². The smallest absolute Gasteiger partial charge is 0.240 e. The van der Waals surface area contributed by atoms with E-state index in [4.69, 9.17) is 5.14 Å². The number of sulfonamides is 1. The molecular weight excluding hydrogens is 266 g/mol. The average Bonchev–Trinajstić information content (AvgIpc) is 3.12. The van der Waals surface area contributed by atoms with Crippen LogP contribution in [0.5, 0.6) is 0 Å². The molecule has 1 aromatic rings. The van der Waals surface area contributed by atoms with Crippen molar-refractivity contribution in [3.8, 4) is 0 Å². The van der Waals surface area contributed by atoms with Crippen molar-refractivity contribution >= 4 is 21.6 Å². The molecule has 1 fully saturated rings. The van der Waals surface area contributed by atoms with Crippen molar-refractivity contribution in [1.82, 2.24) is 5.32 Å². The van der Waals surface area contributed by atoms with Crippen LogP contribution < -0.4 is 15.8 Å². The molecule has 0 radical (unpaired) electrons. The molecule has 104 valence electrons. The number of para-hydroxylation sites is 1. The van der Waals surface area contributed by atoms with E-state index in [9.17, 15) is 13.2 Å². The molecule has 1 aromatic carbocycles.